The minimum atomic E-state index is -0.620. The standard InChI is InChI=1S/C8H8N2O4/c11-6-4-5-7(12)14-3-1-2-10(5)8(13)9-6/h4H,1-3H2,(H,9,11,13). The monoisotopic (exact) mass is 196 g/mol. The third-order valence-corrected chi connectivity index (χ3v) is 2.00. The number of esters is 1. The number of ether oxygens (including phenoxy) is 1. The van der Waals surface area contributed by atoms with Crippen LogP contribution in [0.3, 0.4) is 0 Å². The number of aromatic nitrogens is 2. The number of hydrogen-bond donors (Lipinski definition) is 1. The molecule has 1 aliphatic rings. The molecule has 0 radical (unpaired) electrons. The summed E-state index contributed by atoms with van der Waals surface area (Å²) < 4.78 is 6.01. The highest BCUT2D eigenvalue weighted by molar-refractivity contribution is 5.87. The maximum absolute atomic E-state index is 11.3. The van der Waals surface area contributed by atoms with E-state index in [4.69, 9.17) is 4.74 Å². The molecule has 6 nitrogen and oxygen atoms in total. The molecule has 0 saturated heterocycles. The van der Waals surface area contributed by atoms with Gasteiger partial charge < -0.3 is 4.74 Å². The van der Waals surface area contributed by atoms with E-state index in [1.54, 1.807) is 0 Å². The third-order valence-electron chi connectivity index (χ3n) is 2.00. The Morgan fingerprint density at radius 1 is 1.36 bits per heavy atom. The first-order chi connectivity index (χ1) is 6.68. The molecule has 0 fully saturated rings. The number of nitrogens with one attached hydrogen (secondary N) is 1. The van der Waals surface area contributed by atoms with Gasteiger partial charge >= 0.3 is 11.7 Å². The lowest BCUT2D eigenvalue weighted by Crippen LogP contribution is -2.33. The number of fused-ring (bicyclic) bond motifs is 1. The summed E-state index contributed by atoms with van der Waals surface area (Å²) in [6.45, 7) is 0.658. The van der Waals surface area contributed by atoms with E-state index in [1.807, 2.05) is 0 Å². The predicted molar refractivity (Wildman–Crippen MR) is 46.2 cm³/mol. The van der Waals surface area contributed by atoms with E-state index >= 15 is 0 Å². The maximum atomic E-state index is 11.3. The summed E-state index contributed by atoms with van der Waals surface area (Å²) in [7, 11) is 0. The van der Waals surface area contributed by atoms with Crippen molar-refractivity contribution in [1.29, 1.82) is 0 Å². The Hall–Kier alpha value is -1.85. The smallest absolute Gasteiger partial charge is 0.355 e. The van der Waals surface area contributed by atoms with Gasteiger partial charge in [0, 0.05) is 12.6 Å². The Morgan fingerprint density at radius 2 is 2.14 bits per heavy atom. The van der Waals surface area contributed by atoms with Gasteiger partial charge in [-0.2, -0.15) is 0 Å². The summed E-state index contributed by atoms with van der Waals surface area (Å²) in [5.74, 6) is -0.620. The first-order valence-corrected chi connectivity index (χ1v) is 4.20. The van der Waals surface area contributed by atoms with Crippen LogP contribution in [0.2, 0.25) is 0 Å². The highest BCUT2D eigenvalue weighted by Gasteiger charge is 2.18. The Labute approximate surface area is 78.1 Å². The average Bonchev–Trinajstić information content (AvgIpc) is 2.29. The SMILES string of the molecule is O=C1OCCCn2c1cc(=O)[nH]c2=O. The number of carbonyl (C=O) groups excluding carboxylic acids is 1. The zero-order valence-electron chi connectivity index (χ0n) is 7.28. The number of carbonyl (C=O) groups is 1. The molecule has 6 heteroatoms. The van der Waals surface area contributed by atoms with Crippen LogP contribution in [0, 0.1) is 0 Å². The largest absolute Gasteiger partial charge is 0.461 e. The Bertz CT molecular complexity index is 485. The molecule has 0 aromatic carbocycles. The van der Waals surface area contributed by atoms with Crippen LogP contribution in [-0.4, -0.2) is 22.1 Å². The van der Waals surface area contributed by atoms with Crippen molar-refractivity contribution in [2.75, 3.05) is 6.61 Å². The third kappa shape index (κ3) is 1.34. The van der Waals surface area contributed by atoms with Gasteiger partial charge in [-0.15, -0.1) is 0 Å². The molecule has 1 N–H and O–H groups in total. The molecule has 1 aliphatic heterocycles. The topological polar surface area (TPSA) is 81.2 Å². The van der Waals surface area contributed by atoms with Crippen molar-refractivity contribution in [2.45, 2.75) is 13.0 Å². The molecule has 2 heterocycles. The normalized spacial score (nSPS) is 15.6. The van der Waals surface area contributed by atoms with E-state index in [0.717, 1.165) is 6.07 Å². The Morgan fingerprint density at radius 3 is 2.93 bits per heavy atom. The molecular weight excluding hydrogens is 188 g/mol. The van der Waals surface area contributed by atoms with Crippen LogP contribution in [0.25, 0.3) is 0 Å². The molecule has 0 aliphatic carbocycles. The molecule has 0 bridgehead atoms. The first-order valence-electron chi connectivity index (χ1n) is 4.20. The zero-order valence-corrected chi connectivity index (χ0v) is 7.28. The molecule has 74 valence electrons. The van der Waals surface area contributed by atoms with Crippen molar-refractivity contribution in [3.63, 3.8) is 0 Å². The molecule has 0 saturated carbocycles. The lowest BCUT2D eigenvalue weighted by Gasteiger charge is -2.03. The van der Waals surface area contributed by atoms with Crippen LogP contribution >= 0.6 is 0 Å². The van der Waals surface area contributed by atoms with Crippen LogP contribution in [0.15, 0.2) is 15.7 Å². The Balaban J connectivity index is 2.71. The summed E-state index contributed by atoms with van der Waals surface area (Å²) >= 11 is 0. The highest BCUT2D eigenvalue weighted by Crippen LogP contribution is 2.03. The predicted octanol–water partition coefficient (Wildman–Crippen LogP) is -0.903. The van der Waals surface area contributed by atoms with Crippen LogP contribution in [0.4, 0.5) is 0 Å². The summed E-state index contributed by atoms with van der Waals surface area (Å²) in [6.07, 6.45) is 0.574. The van der Waals surface area contributed by atoms with Gasteiger partial charge in [0.25, 0.3) is 5.56 Å². The van der Waals surface area contributed by atoms with Crippen molar-refractivity contribution in [3.8, 4) is 0 Å². The number of rotatable bonds is 0. The number of nitrogens with zero attached hydrogens (tertiary/aromatic N) is 1. The summed E-state index contributed by atoms with van der Waals surface area (Å²) in [5, 5.41) is 0. The average molecular weight is 196 g/mol. The molecule has 0 atom stereocenters. The van der Waals surface area contributed by atoms with Gasteiger partial charge in [0.05, 0.1) is 6.61 Å². The fourth-order valence-corrected chi connectivity index (χ4v) is 1.37. The molecular formula is C8H8N2O4. The minimum absolute atomic E-state index is 0.0243. The lowest BCUT2D eigenvalue weighted by molar-refractivity contribution is 0.0511. The highest BCUT2D eigenvalue weighted by atomic mass is 16.5. The van der Waals surface area contributed by atoms with Gasteiger partial charge in [0.2, 0.25) is 0 Å². The van der Waals surface area contributed by atoms with E-state index in [2.05, 4.69) is 4.98 Å². The van der Waals surface area contributed by atoms with Gasteiger partial charge in [-0.25, -0.2) is 9.59 Å². The lowest BCUT2D eigenvalue weighted by atomic mass is 10.4. The van der Waals surface area contributed by atoms with Crippen molar-refractivity contribution in [2.24, 2.45) is 0 Å². The van der Waals surface area contributed by atoms with Crippen LogP contribution in [0.5, 0.6) is 0 Å². The fourth-order valence-electron chi connectivity index (χ4n) is 1.37. The molecule has 0 unspecified atom stereocenters. The molecule has 0 spiro atoms. The molecule has 2 rings (SSSR count). The van der Waals surface area contributed by atoms with Crippen molar-refractivity contribution in [3.05, 3.63) is 32.6 Å². The van der Waals surface area contributed by atoms with Gasteiger partial charge in [-0.1, -0.05) is 0 Å². The number of H-pyrrole nitrogens is 1. The van der Waals surface area contributed by atoms with Crippen LogP contribution < -0.4 is 11.2 Å². The second-order valence-corrected chi connectivity index (χ2v) is 2.97. The van der Waals surface area contributed by atoms with Gasteiger partial charge in [0.15, 0.2) is 0 Å². The summed E-state index contributed by atoms with van der Waals surface area (Å²) in [4.78, 5) is 35.6. The van der Waals surface area contributed by atoms with Gasteiger partial charge in [0.1, 0.15) is 5.69 Å². The Kier molecular flexibility index (Phi) is 1.95. The van der Waals surface area contributed by atoms with Gasteiger partial charge in [-0.05, 0) is 6.42 Å². The minimum Gasteiger partial charge on any atom is -0.461 e. The summed E-state index contributed by atoms with van der Waals surface area (Å²) in [6, 6.07) is 1.08. The second-order valence-electron chi connectivity index (χ2n) is 2.97. The fraction of sp³-hybridized carbons (Fsp3) is 0.375. The van der Waals surface area contributed by atoms with Crippen molar-refractivity contribution >= 4 is 5.97 Å². The van der Waals surface area contributed by atoms with E-state index in [-0.39, 0.29) is 12.3 Å². The van der Waals surface area contributed by atoms with Crippen molar-refractivity contribution in [1.82, 2.24) is 9.55 Å². The quantitative estimate of drug-likeness (QED) is 0.545. The van der Waals surface area contributed by atoms with Crippen molar-refractivity contribution < 1.29 is 9.53 Å². The van der Waals surface area contributed by atoms with E-state index in [0.29, 0.717) is 13.0 Å². The van der Waals surface area contributed by atoms with E-state index in [9.17, 15) is 14.4 Å². The number of hydrogen-bond acceptors (Lipinski definition) is 4. The molecule has 14 heavy (non-hydrogen) atoms. The number of aromatic amines is 1. The first kappa shape index (κ1) is 8.74. The molecule has 1 aromatic heterocycles. The zero-order chi connectivity index (χ0) is 10.1. The van der Waals surface area contributed by atoms with Gasteiger partial charge in [-0.3, -0.25) is 14.3 Å². The van der Waals surface area contributed by atoms with E-state index in [1.165, 1.54) is 4.57 Å². The number of cyclic esters (lactones) is 1. The molecule has 1 aromatic rings. The van der Waals surface area contributed by atoms with Crippen LogP contribution in [-0.2, 0) is 11.3 Å². The second kappa shape index (κ2) is 3.13. The summed E-state index contributed by atoms with van der Waals surface area (Å²) in [5.41, 5.74) is -1.12. The van der Waals surface area contributed by atoms with Crippen LogP contribution in [0.1, 0.15) is 16.9 Å². The molecule has 0 amide bonds. The maximum Gasteiger partial charge on any atom is 0.355 e. The van der Waals surface area contributed by atoms with E-state index < -0.39 is 17.2 Å².